The molecular formula is C14H19N3O. The number of aryl methyl sites for hydroxylation is 1. The molecule has 4 heteroatoms. The van der Waals surface area contributed by atoms with Gasteiger partial charge in [-0.1, -0.05) is 12.1 Å². The lowest BCUT2D eigenvalue weighted by Crippen LogP contribution is -2.33. The fourth-order valence-electron chi connectivity index (χ4n) is 2.78. The number of ether oxygens (including phenoxy) is 1. The predicted octanol–water partition coefficient (Wildman–Crippen LogP) is 2.67. The molecule has 0 aliphatic heterocycles. The van der Waals surface area contributed by atoms with E-state index in [0.29, 0.717) is 18.1 Å². The Morgan fingerprint density at radius 3 is 2.94 bits per heavy atom. The van der Waals surface area contributed by atoms with Gasteiger partial charge in [0.1, 0.15) is 0 Å². The van der Waals surface area contributed by atoms with Crippen molar-refractivity contribution in [1.29, 1.82) is 0 Å². The largest absolute Gasteiger partial charge is 0.378 e. The van der Waals surface area contributed by atoms with Crippen molar-refractivity contribution < 1.29 is 4.74 Å². The molecule has 0 amide bonds. The molecule has 2 N–H and O–H groups in total. The lowest BCUT2D eigenvalue weighted by atomic mass is 9.89. The molecule has 0 unspecified atom stereocenters. The summed E-state index contributed by atoms with van der Waals surface area (Å²) in [6.07, 6.45) is 2.47. The maximum atomic E-state index is 6.06. The first kappa shape index (κ1) is 11.5. The number of nitrogen functional groups attached to an aromatic ring is 1. The summed E-state index contributed by atoms with van der Waals surface area (Å²) < 4.78 is 7.77. The molecule has 18 heavy (non-hydrogen) atoms. The highest BCUT2D eigenvalue weighted by Gasteiger charge is 2.33. The highest BCUT2D eigenvalue weighted by Crippen LogP contribution is 2.38. The van der Waals surface area contributed by atoms with Gasteiger partial charge in [-0.05, 0) is 38.3 Å². The van der Waals surface area contributed by atoms with Crippen LogP contribution in [0.4, 0.5) is 5.95 Å². The van der Waals surface area contributed by atoms with Crippen molar-refractivity contribution in [2.24, 2.45) is 0 Å². The molecule has 1 aliphatic carbocycles. The van der Waals surface area contributed by atoms with Crippen molar-refractivity contribution in [2.45, 2.75) is 38.8 Å². The van der Waals surface area contributed by atoms with E-state index in [4.69, 9.17) is 10.5 Å². The highest BCUT2D eigenvalue weighted by atomic mass is 16.5. The molecule has 1 aliphatic rings. The first-order valence-electron chi connectivity index (χ1n) is 6.55. The van der Waals surface area contributed by atoms with Gasteiger partial charge in [0, 0.05) is 12.6 Å². The number of hydrogen-bond donors (Lipinski definition) is 1. The molecule has 0 atom stereocenters. The van der Waals surface area contributed by atoms with Gasteiger partial charge in [-0.2, -0.15) is 0 Å². The summed E-state index contributed by atoms with van der Waals surface area (Å²) in [6.45, 7) is 4.90. The second-order valence-electron chi connectivity index (χ2n) is 4.99. The van der Waals surface area contributed by atoms with E-state index in [1.54, 1.807) is 0 Å². The number of anilines is 1. The molecule has 0 bridgehead atoms. The van der Waals surface area contributed by atoms with Gasteiger partial charge in [0.2, 0.25) is 5.95 Å². The predicted molar refractivity (Wildman–Crippen MR) is 72.6 cm³/mol. The molecule has 1 aromatic carbocycles. The number of fused-ring (bicyclic) bond motifs is 1. The van der Waals surface area contributed by atoms with Gasteiger partial charge in [0.15, 0.2) is 0 Å². The van der Waals surface area contributed by atoms with Gasteiger partial charge in [-0.15, -0.1) is 0 Å². The number of para-hydroxylation sites is 1. The van der Waals surface area contributed by atoms with Crippen LogP contribution in [0.1, 0.15) is 31.4 Å². The van der Waals surface area contributed by atoms with Crippen LogP contribution in [-0.4, -0.2) is 22.3 Å². The number of aromatic nitrogens is 2. The molecule has 3 rings (SSSR count). The Hall–Kier alpha value is -1.55. The number of hydrogen-bond acceptors (Lipinski definition) is 3. The van der Waals surface area contributed by atoms with Gasteiger partial charge >= 0.3 is 0 Å². The second-order valence-corrected chi connectivity index (χ2v) is 4.99. The van der Waals surface area contributed by atoms with Crippen LogP contribution in [0.25, 0.3) is 11.0 Å². The first-order valence-corrected chi connectivity index (χ1v) is 6.55. The highest BCUT2D eigenvalue weighted by molar-refractivity contribution is 5.81. The van der Waals surface area contributed by atoms with Gasteiger partial charge in [0.05, 0.1) is 17.1 Å². The van der Waals surface area contributed by atoms with Gasteiger partial charge in [0.25, 0.3) is 0 Å². The summed E-state index contributed by atoms with van der Waals surface area (Å²) in [6, 6.07) is 6.67. The number of rotatable bonds is 3. The molecule has 1 heterocycles. The van der Waals surface area contributed by atoms with Crippen LogP contribution in [0.3, 0.4) is 0 Å². The van der Waals surface area contributed by atoms with Gasteiger partial charge in [-0.25, -0.2) is 4.98 Å². The number of nitrogens with two attached hydrogens (primary N) is 1. The minimum absolute atomic E-state index is 0.390. The summed E-state index contributed by atoms with van der Waals surface area (Å²) in [7, 11) is 0. The van der Waals surface area contributed by atoms with Crippen LogP contribution in [0.2, 0.25) is 0 Å². The van der Waals surface area contributed by atoms with Crippen LogP contribution < -0.4 is 5.73 Å². The number of imidazole rings is 1. The van der Waals surface area contributed by atoms with E-state index in [0.717, 1.165) is 30.5 Å². The Bertz CT molecular complexity index is 570. The van der Waals surface area contributed by atoms with Crippen LogP contribution in [0, 0.1) is 6.92 Å². The van der Waals surface area contributed by atoms with Crippen molar-refractivity contribution in [3.8, 4) is 0 Å². The van der Waals surface area contributed by atoms with Crippen molar-refractivity contribution in [3.63, 3.8) is 0 Å². The fourth-order valence-corrected chi connectivity index (χ4v) is 2.78. The van der Waals surface area contributed by atoms with Crippen LogP contribution in [0.15, 0.2) is 18.2 Å². The maximum absolute atomic E-state index is 6.06. The zero-order chi connectivity index (χ0) is 12.7. The second kappa shape index (κ2) is 4.28. The Labute approximate surface area is 107 Å². The lowest BCUT2D eigenvalue weighted by Gasteiger charge is -2.36. The first-order chi connectivity index (χ1) is 8.70. The van der Waals surface area contributed by atoms with E-state index in [1.807, 2.05) is 6.92 Å². The molecule has 4 nitrogen and oxygen atoms in total. The molecule has 1 aromatic heterocycles. The molecule has 0 saturated heterocycles. The Morgan fingerprint density at radius 2 is 2.22 bits per heavy atom. The minimum atomic E-state index is 0.390. The van der Waals surface area contributed by atoms with Crippen molar-refractivity contribution in [2.75, 3.05) is 12.3 Å². The SMILES string of the molecule is CCOC1CC(n2c(N)nc3c(C)cccc32)C1. The van der Waals surface area contributed by atoms with Crippen LogP contribution >= 0.6 is 0 Å². The molecular weight excluding hydrogens is 226 g/mol. The third kappa shape index (κ3) is 1.68. The normalized spacial score (nSPS) is 23.2. The topological polar surface area (TPSA) is 53.1 Å². The van der Waals surface area contributed by atoms with E-state index in [1.165, 1.54) is 5.56 Å². The van der Waals surface area contributed by atoms with E-state index >= 15 is 0 Å². The molecule has 1 fully saturated rings. The standard InChI is InChI=1S/C14H19N3O/c1-3-18-11-7-10(8-11)17-12-6-4-5-9(2)13(12)16-14(17)15/h4-6,10-11H,3,7-8H2,1-2H3,(H2,15,16). The fraction of sp³-hybridized carbons (Fsp3) is 0.500. The quantitative estimate of drug-likeness (QED) is 0.904. The molecule has 2 aromatic rings. The third-order valence-corrected chi connectivity index (χ3v) is 3.79. The number of nitrogens with zero attached hydrogens (tertiary/aromatic N) is 2. The molecule has 0 spiro atoms. The monoisotopic (exact) mass is 245 g/mol. The van der Waals surface area contributed by atoms with Gasteiger partial charge < -0.3 is 15.0 Å². The van der Waals surface area contributed by atoms with Crippen molar-refractivity contribution in [3.05, 3.63) is 23.8 Å². The van der Waals surface area contributed by atoms with E-state index < -0.39 is 0 Å². The average molecular weight is 245 g/mol. The van der Waals surface area contributed by atoms with E-state index in [2.05, 4.69) is 34.7 Å². The van der Waals surface area contributed by atoms with Crippen LogP contribution in [0.5, 0.6) is 0 Å². The Morgan fingerprint density at radius 1 is 1.44 bits per heavy atom. The lowest BCUT2D eigenvalue weighted by molar-refractivity contribution is -0.0181. The third-order valence-electron chi connectivity index (χ3n) is 3.79. The van der Waals surface area contributed by atoms with Crippen LogP contribution in [-0.2, 0) is 4.74 Å². The van der Waals surface area contributed by atoms with Gasteiger partial charge in [-0.3, -0.25) is 0 Å². The molecule has 0 radical (unpaired) electrons. The summed E-state index contributed by atoms with van der Waals surface area (Å²) in [5.74, 6) is 0.624. The molecule has 96 valence electrons. The maximum Gasteiger partial charge on any atom is 0.201 e. The zero-order valence-electron chi connectivity index (χ0n) is 10.9. The summed E-state index contributed by atoms with van der Waals surface area (Å²) in [5.41, 5.74) is 9.41. The zero-order valence-corrected chi connectivity index (χ0v) is 10.9. The van der Waals surface area contributed by atoms with Crippen molar-refractivity contribution in [1.82, 2.24) is 9.55 Å². The summed E-state index contributed by atoms with van der Waals surface area (Å²) in [4.78, 5) is 4.49. The Balaban J connectivity index is 1.93. The van der Waals surface area contributed by atoms with E-state index in [-0.39, 0.29) is 0 Å². The summed E-state index contributed by atoms with van der Waals surface area (Å²) in [5, 5.41) is 0. The summed E-state index contributed by atoms with van der Waals surface area (Å²) >= 11 is 0. The smallest absolute Gasteiger partial charge is 0.201 e. The van der Waals surface area contributed by atoms with Crippen molar-refractivity contribution >= 4 is 17.0 Å². The molecule has 1 saturated carbocycles. The number of benzene rings is 1. The minimum Gasteiger partial charge on any atom is -0.378 e. The average Bonchev–Trinajstić information content (AvgIpc) is 2.62. The Kier molecular flexibility index (Phi) is 2.74. The van der Waals surface area contributed by atoms with E-state index in [9.17, 15) is 0 Å².